The Morgan fingerprint density at radius 2 is 2.19 bits per heavy atom. The molecule has 1 aromatic carbocycles. The first-order valence-corrected chi connectivity index (χ1v) is 6.16. The van der Waals surface area contributed by atoms with Crippen LogP contribution < -0.4 is 4.72 Å². The first-order chi connectivity index (χ1) is 7.36. The second kappa shape index (κ2) is 4.83. The Labute approximate surface area is 98.7 Å². The molecule has 0 aliphatic carbocycles. The van der Waals surface area contributed by atoms with E-state index >= 15 is 0 Å². The highest BCUT2D eigenvalue weighted by atomic mass is 35.5. The fraction of sp³-hybridized carbons (Fsp3) is 0.200. The summed E-state index contributed by atoms with van der Waals surface area (Å²) in [6.45, 7) is 1.49. The van der Waals surface area contributed by atoms with Crippen LogP contribution in [0.3, 0.4) is 0 Å². The molecule has 86 valence electrons. The smallest absolute Gasteiger partial charge is 0.207 e. The summed E-state index contributed by atoms with van der Waals surface area (Å²) in [5.74, 6) is 1.52. The quantitative estimate of drug-likeness (QED) is 0.843. The molecule has 1 rings (SSSR count). The lowest BCUT2D eigenvalue weighted by Gasteiger charge is -2.10. The van der Waals surface area contributed by atoms with Gasteiger partial charge in [0.25, 0.3) is 0 Å². The Balaban J connectivity index is 3.18. The van der Waals surface area contributed by atoms with E-state index < -0.39 is 21.9 Å². The van der Waals surface area contributed by atoms with Crippen LogP contribution in [-0.4, -0.2) is 14.5 Å². The molecule has 0 bridgehead atoms. The molecule has 1 atom stereocenters. The lowest BCUT2D eigenvalue weighted by molar-refractivity contribution is 0.574. The molecule has 3 nitrogen and oxygen atoms in total. The zero-order valence-electron chi connectivity index (χ0n) is 8.37. The first-order valence-electron chi connectivity index (χ1n) is 4.30. The maximum Gasteiger partial charge on any atom is 0.243 e. The van der Waals surface area contributed by atoms with Crippen molar-refractivity contribution in [1.82, 2.24) is 4.72 Å². The molecule has 0 spiro atoms. The van der Waals surface area contributed by atoms with E-state index in [0.29, 0.717) is 0 Å². The molecule has 16 heavy (non-hydrogen) atoms. The van der Waals surface area contributed by atoms with Crippen LogP contribution in [0.5, 0.6) is 0 Å². The van der Waals surface area contributed by atoms with E-state index in [1.165, 1.54) is 13.0 Å². The van der Waals surface area contributed by atoms with Gasteiger partial charge >= 0.3 is 0 Å². The van der Waals surface area contributed by atoms with Crippen molar-refractivity contribution in [3.05, 3.63) is 29.0 Å². The molecule has 6 heteroatoms. The Kier molecular flexibility index (Phi) is 3.92. The second-order valence-electron chi connectivity index (χ2n) is 3.08. The van der Waals surface area contributed by atoms with Gasteiger partial charge in [-0.3, -0.25) is 0 Å². The second-order valence-corrected chi connectivity index (χ2v) is 5.17. The topological polar surface area (TPSA) is 46.2 Å². The van der Waals surface area contributed by atoms with Crippen LogP contribution >= 0.6 is 11.6 Å². The SMILES string of the molecule is C#C[C@@H](C)NS(=O)(=O)c1cc(F)ccc1Cl. The lowest BCUT2D eigenvalue weighted by Crippen LogP contribution is -2.31. The van der Waals surface area contributed by atoms with Crippen LogP contribution in [0.25, 0.3) is 0 Å². The zero-order valence-corrected chi connectivity index (χ0v) is 9.94. The minimum absolute atomic E-state index is 0.0573. The van der Waals surface area contributed by atoms with Gasteiger partial charge in [0.2, 0.25) is 10.0 Å². The summed E-state index contributed by atoms with van der Waals surface area (Å²) in [4.78, 5) is -0.323. The third kappa shape index (κ3) is 2.95. The summed E-state index contributed by atoms with van der Waals surface area (Å²) in [5, 5.41) is -0.0573. The third-order valence-corrected chi connectivity index (χ3v) is 3.79. The van der Waals surface area contributed by atoms with Crippen LogP contribution in [0.2, 0.25) is 5.02 Å². The third-order valence-electron chi connectivity index (χ3n) is 1.76. The van der Waals surface area contributed by atoms with Crippen molar-refractivity contribution in [2.45, 2.75) is 17.9 Å². The Bertz CT molecular complexity index is 536. The van der Waals surface area contributed by atoms with Crippen LogP contribution in [0.1, 0.15) is 6.92 Å². The van der Waals surface area contributed by atoms with Crippen molar-refractivity contribution >= 4 is 21.6 Å². The molecule has 0 saturated carbocycles. The van der Waals surface area contributed by atoms with E-state index in [0.717, 1.165) is 12.1 Å². The van der Waals surface area contributed by atoms with Gasteiger partial charge in [0.05, 0.1) is 11.1 Å². The van der Waals surface area contributed by atoms with E-state index in [2.05, 4.69) is 10.6 Å². The number of terminal acetylenes is 1. The van der Waals surface area contributed by atoms with Gasteiger partial charge in [0.15, 0.2) is 0 Å². The summed E-state index contributed by atoms with van der Waals surface area (Å²) in [6.07, 6.45) is 5.04. The van der Waals surface area contributed by atoms with Gasteiger partial charge < -0.3 is 0 Å². The highest BCUT2D eigenvalue weighted by molar-refractivity contribution is 7.89. The molecule has 0 unspecified atom stereocenters. The Morgan fingerprint density at radius 1 is 1.56 bits per heavy atom. The normalized spacial score (nSPS) is 13.1. The summed E-state index contributed by atoms with van der Waals surface area (Å²) in [5.41, 5.74) is 0. The van der Waals surface area contributed by atoms with Gasteiger partial charge in [-0.05, 0) is 25.1 Å². The first kappa shape index (κ1) is 13.0. The number of benzene rings is 1. The summed E-state index contributed by atoms with van der Waals surface area (Å²) < 4.78 is 38.5. The molecule has 1 N–H and O–H groups in total. The van der Waals surface area contributed by atoms with Crippen molar-refractivity contribution in [1.29, 1.82) is 0 Å². The number of halogens is 2. The summed E-state index contributed by atoms with van der Waals surface area (Å²) in [6, 6.07) is 2.40. The molecule has 0 aliphatic heterocycles. The summed E-state index contributed by atoms with van der Waals surface area (Å²) in [7, 11) is -3.89. The van der Waals surface area contributed by atoms with E-state index in [-0.39, 0.29) is 9.92 Å². The highest BCUT2D eigenvalue weighted by Gasteiger charge is 2.20. The minimum Gasteiger partial charge on any atom is -0.207 e. The standard InChI is InChI=1S/C10H9ClFNO2S/c1-3-7(2)13-16(14,15)10-6-8(12)4-5-9(10)11/h1,4-7,13H,2H3/t7-/m1/s1. The predicted octanol–water partition coefficient (Wildman–Crippen LogP) is 1.78. The molecule has 0 heterocycles. The van der Waals surface area contributed by atoms with Crippen molar-refractivity contribution in [3.8, 4) is 12.3 Å². The fourth-order valence-electron chi connectivity index (χ4n) is 1.01. The summed E-state index contributed by atoms with van der Waals surface area (Å²) >= 11 is 5.67. The van der Waals surface area contributed by atoms with Crippen LogP contribution in [0.15, 0.2) is 23.1 Å². The largest absolute Gasteiger partial charge is 0.243 e. The fourth-order valence-corrected chi connectivity index (χ4v) is 2.69. The molecule has 0 aliphatic rings. The highest BCUT2D eigenvalue weighted by Crippen LogP contribution is 2.22. The molecule has 0 radical (unpaired) electrons. The molecular formula is C10H9ClFNO2S. The molecule has 0 fully saturated rings. The average Bonchev–Trinajstić information content (AvgIpc) is 2.20. The van der Waals surface area contributed by atoms with Gasteiger partial charge in [-0.15, -0.1) is 6.42 Å². The minimum atomic E-state index is -3.89. The van der Waals surface area contributed by atoms with E-state index in [1.54, 1.807) is 0 Å². The number of hydrogen-bond donors (Lipinski definition) is 1. The maximum atomic E-state index is 12.9. The zero-order chi connectivity index (χ0) is 12.3. The number of nitrogens with one attached hydrogen (secondary N) is 1. The number of sulfonamides is 1. The maximum absolute atomic E-state index is 12.9. The predicted molar refractivity (Wildman–Crippen MR) is 60.0 cm³/mol. The number of hydrogen-bond acceptors (Lipinski definition) is 2. The van der Waals surface area contributed by atoms with Gasteiger partial charge in [-0.2, -0.15) is 4.72 Å². The van der Waals surface area contributed by atoms with E-state index in [9.17, 15) is 12.8 Å². The van der Waals surface area contributed by atoms with Crippen molar-refractivity contribution in [3.63, 3.8) is 0 Å². The van der Waals surface area contributed by atoms with Gasteiger partial charge in [-0.1, -0.05) is 17.5 Å². The van der Waals surface area contributed by atoms with E-state index in [4.69, 9.17) is 18.0 Å². The van der Waals surface area contributed by atoms with Crippen molar-refractivity contribution < 1.29 is 12.8 Å². The lowest BCUT2D eigenvalue weighted by atomic mass is 10.3. The van der Waals surface area contributed by atoms with E-state index in [1.807, 2.05) is 0 Å². The molecule has 0 saturated heterocycles. The molecule has 0 aromatic heterocycles. The molecule has 1 aromatic rings. The monoisotopic (exact) mass is 261 g/mol. The Hall–Kier alpha value is -1.09. The number of rotatable bonds is 3. The Morgan fingerprint density at radius 3 is 2.75 bits per heavy atom. The van der Waals surface area contributed by atoms with Gasteiger partial charge in [-0.25, -0.2) is 12.8 Å². The molecule has 0 amide bonds. The van der Waals surface area contributed by atoms with Gasteiger partial charge in [0.1, 0.15) is 10.7 Å². The van der Waals surface area contributed by atoms with Crippen LogP contribution in [0.4, 0.5) is 4.39 Å². The average molecular weight is 262 g/mol. The van der Waals surface area contributed by atoms with Gasteiger partial charge in [0, 0.05) is 0 Å². The van der Waals surface area contributed by atoms with Crippen LogP contribution in [-0.2, 0) is 10.0 Å². The molecular weight excluding hydrogens is 253 g/mol. The van der Waals surface area contributed by atoms with Crippen LogP contribution in [0, 0.1) is 18.2 Å². The van der Waals surface area contributed by atoms with Crippen molar-refractivity contribution in [2.75, 3.05) is 0 Å². The van der Waals surface area contributed by atoms with Crippen molar-refractivity contribution in [2.24, 2.45) is 0 Å².